The number of carbonyl (C=O) groups excluding carboxylic acids is 3. The first-order valence-corrected chi connectivity index (χ1v) is 13.5. The van der Waals surface area contributed by atoms with E-state index in [2.05, 4.69) is 10.3 Å². The van der Waals surface area contributed by atoms with E-state index in [-0.39, 0.29) is 35.9 Å². The number of imide groups is 1. The molecule has 4 aliphatic heterocycles. The zero-order valence-corrected chi connectivity index (χ0v) is 21.5. The van der Waals surface area contributed by atoms with Gasteiger partial charge in [0.15, 0.2) is 0 Å². The summed E-state index contributed by atoms with van der Waals surface area (Å²) in [6, 6.07) is 8.26. The van der Waals surface area contributed by atoms with Crippen LogP contribution in [0.1, 0.15) is 29.7 Å². The van der Waals surface area contributed by atoms with Crippen molar-refractivity contribution in [3.05, 3.63) is 71.6 Å². The van der Waals surface area contributed by atoms with E-state index in [4.69, 9.17) is 4.74 Å². The molecule has 11 heteroatoms. The van der Waals surface area contributed by atoms with Crippen LogP contribution in [0.15, 0.2) is 48.9 Å². The quantitative estimate of drug-likeness (QED) is 0.394. The van der Waals surface area contributed by atoms with Gasteiger partial charge in [0, 0.05) is 56.1 Å². The van der Waals surface area contributed by atoms with Gasteiger partial charge in [0.2, 0.25) is 0 Å². The van der Waals surface area contributed by atoms with Crippen molar-refractivity contribution in [3.63, 3.8) is 0 Å². The van der Waals surface area contributed by atoms with Crippen LogP contribution in [0.4, 0.5) is 9.18 Å². The molecular formula is C29H25FN6O4. The highest BCUT2D eigenvalue weighted by atomic mass is 19.1. The molecule has 2 bridgehead atoms. The standard InChI is InChI=1S/C29H25FN6O4/c30-17-9-16-12-34(29(39)35-13-18-4-5-19(14-35)40-18)8-7-33-15-21(20(10-17)26(16)33)24-25(28(38)32-27(24)37)22-11-31-23-3-1-2-6-36(22)23/h1-3,6,9-11,15,18-19H,4-5,7-8,12-14H2,(H,32,37,38). The number of likely N-dealkylation sites (tertiary alicyclic amines) is 1. The Bertz CT molecular complexity index is 1790. The van der Waals surface area contributed by atoms with Crippen molar-refractivity contribution in [3.8, 4) is 0 Å². The van der Waals surface area contributed by atoms with Gasteiger partial charge in [-0.2, -0.15) is 0 Å². The Morgan fingerprint density at radius 1 is 1.02 bits per heavy atom. The predicted molar refractivity (Wildman–Crippen MR) is 142 cm³/mol. The van der Waals surface area contributed by atoms with E-state index >= 15 is 4.39 Å². The van der Waals surface area contributed by atoms with Crippen molar-refractivity contribution in [2.75, 3.05) is 19.6 Å². The molecule has 4 amide bonds. The summed E-state index contributed by atoms with van der Waals surface area (Å²) in [5.41, 5.74) is 3.40. The first kappa shape index (κ1) is 23.4. The number of fused-ring (bicyclic) bond motifs is 3. The second kappa shape index (κ2) is 8.49. The maximum absolute atomic E-state index is 15.1. The Kier molecular flexibility index (Phi) is 4.96. The molecule has 2 saturated heterocycles. The van der Waals surface area contributed by atoms with Gasteiger partial charge in [0.1, 0.15) is 11.5 Å². The molecular weight excluding hydrogens is 515 g/mol. The lowest BCUT2D eigenvalue weighted by Crippen LogP contribution is -2.51. The van der Waals surface area contributed by atoms with Gasteiger partial charge in [-0.3, -0.25) is 19.3 Å². The summed E-state index contributed by atoms with van der Waals surface area (Å²) < 4.78 is 24.7. The molecule has 7 heterocycles. The zero-order valence-electron chi connectivity index (χ0n) is 21.5. The third-order valence-corrected chi connectivity index (χ3v) is 8.45. The number of morpholine rings is 1. The Labute approximate surface area is 227 Å². The van der Waals surface area contributed by atoms with Gasteiger partial charge in [0.25, 0.3) is 11.8 Å². The maximum Gasteiger partial charge on any atom is 0.320 e. The van der Waals surface area contributed by atoms with Crippen LogP contribution in [-0.4, -0.2) is 73.4 Å². The summed E-state index contributed by atoms with van der Waals surface area (Å²) >= 11 is 0. The van der Waals surface area contributed by atoms with E-state index in [9.17, 15) is 14.4 Å². The van der Waals surface area contributed by atoms with E-state index in [1.54, 1.807) is 27.9 Å². The highest BCUT2D eigenvalue weighted by Gasteiger charge is 2.39. The van der Waals surface area contributed by atoms with E-state index < -0.39 is 17.6 Å². The molecule has 2 unspecified atom stereocenters. The van der Waals surface area contributed by atoms with E-state index in [1.807, 2.05) is 27.7 Å². The average Bonchev–Trinajstić information content (AvgIpc) is 3.65. The Hall–Kier alpha value is -4.51. The number of carbonyl (C=O) groups is 3. The van der Waals surface area contributed by atoms with Crippen molar-refractivity contribution in [1.82, 2.24) is 29.1 Å². The smallest absolute Gasteiger partial charge is 0.320 e. The van der Waals surface area contributed by atoms with Gasteiger partial charge in [0.05, 0.1) is 40.8 Å². The first-order chi connectivity index (χ1) is 19.4. The molecule has 2 fully saturated rings. The number of imidazole rings is 1. The number of benzene rings is 1. The van der Waals surface area contributed by atoms with Crippen molar-refractivity contribution < 1.29 is 23.5 Å². The number of nitrogens with one attached hydrogen (secondary N) is 1. The summed E-state index contributed by atoms with van der Waals surface area (Å²) in [4.78, 5) is 47.8. The molecule has 3 aromatic heterocycles. The van der Waals surface area contributed by atoms with Gasteiger partial charge < -0.3 is 19.1 Å². The highest BCUT2D eigenvalue weighted by Crippen LogP contribution is 2.39. The number of aromatic nitrogens is 3. The molecule has 4 aromatic rings. The van der Waals surface area contributed by atoms with Crippen LogP contribution in [-0.2, 0) is 27.4 Å². The van der Waals surface area contributed by atoms with Crippen molar-refractivity contribution in [2.45, 2.75) is 38.1 Å². The summed E-state index contributed by atoms with van der Waals surface area (Å²) in [5, 5.41) is 2.95. The maximum atomic E-state index is 15.1. The van der Waals surface area contributed by atoms with E-state index in [0.717, 1.165) is 18.4 Å². The number of nitrogens with zero attached hydrogens (tertiary/aromatic N) is 5. The topological polar surface area (TPSA) is 101 Å². The first-order valence-electron chi connectivity index (χ1n) is 13.5. The number of pyridine rings is 1. The molecule has 4 aliphatic rings. The molecule has 2 atom stereocenters. The van der Waals surface area contributed by atoms with Gasteiger partial charge in [-0.05, 0) is 42.7 Å². The van der Waals surface area contributed by atoms with Crippen LogP contribution < -0.4 is 5.32 Å². The SMILES string of the molecule is O=C1NC(=O)C(c2cnc3ccccn23)=C1c1cn2c3c(cc(F)cc13)CN(C(=O)N1CC3CCC(C1)O3)CC2. The van der Waals surface area contributed by atoms with E-state index in [1.165, 1.54) is 12.1 Å². The Balaban J connectivity index is 1.23. The van der Waals surface area contributed by atoms with Gasteiger partial charge in [-0.1, -0.05) is 6.07 Å². The number of rotatable bonds is 2. The summed E-state index contributed by atoms with van der Waals surface area (Å²) in [7, 11) is 0. The predicted octanol–water partition coefficient (Wildman–Crippen LogP) is 2.79. The fourth-order valence-corrected chi connectivity index (χ4v) is 6.71. The molecule has 0 saturated carbocycles. The number of halogens is 1. The van der Waals surface area contributed by atoms with Gasteiger partial charge >= 0.3 is 6.03 Å². The van der Waals surface area contributed by atoms with Crippen LogP contribution in [0.25, 0.3) is 27.7 Å². The molecule has 1 N–H and O–H groups in total. The van der Waals surface area contributed by atoms with Crippen molar-refractivity contribution in [1.29, 1.82) is 0 Å². The minimum atomic E-state index is -0.536. The monoisotopic (exact) mass is 540 g/mol. The summed E-state index contributed by atoms with van der Waals surface area (Å²) in [6.07, 6.45) is 7.26. The minimum Gasteiger partial charge on any atom is -0.371 e. The normalized spacial score (nSPS) is 22.5. The second-order valence-electron chi connectivity index (χ2n) is 10.9. The van der Waals surface area contributed by atoms with Gasteiger partial charge in [-0.15, -0.1) is 0 Å². The third kappa shape index (κ3) is 3.43. The van der Waals surface area contributed by atoms with Crippen LogP contribution in [0, 0.1) is 5.82 Å². The highest BCUT2D eigenvalue weighted by molar-refractivity contribution is 6.49. The molecule has 8 rings (SSSR count). The third-order valence-electron chi connectivity index (χ3n) is 8.45. The molecule has 1 aromatic carbocycles. The van der Waals surface area contributed by atoms with E-state index in [0.29, 0.717) is 54.0 Å². The lowest BCUT2D eigenvalue weighted by molar-refractivity contribution is -0.122. The fraction of sp³-hybridized carbons (Fsp3) is 0.310. The average molecular weight is 541 g/mol. The van der Waals surface area contributed by atoms with Gasteiger partial charge in [-0.25, -0.2) is 14.2 Å². The largest absolute Gasteiger partial charge is 0.371 e. The number of hydrogen-bond acceptors (Lipinski definition) is 5. The van der Waals surface area contributed by atoms with Crippen LogP contribution in [0.2, 0.25) is 0 Å². The molecule has 0 aliphatic carbocycles. The second-order valence-corrected chi connectivity index (χ2v) is 10.9. The van der Waals surface area contributed by atoms with Crippen LogP contribution in [0.3, 0.4) is 0 Å². The number of urea groups is 1. The number of amides is 4. The minimum absolute atomic E-state index is 0.0676. The summed E-state index contributed by atoms with van der Waals surface area (Å²) in [5.74, 6) is -1.53. The number of ether oxygens (including phenoxy) is 1. The fourth-order valence-electron chi connectivity index (χ4n) is 6.71. The number of hydrogen-bond donors (Lipinski definition) is 1. The lowest BCUT2D eigenvalue weighted by Gasteiger charge is -2.35. The van der Waals surface area contributed by atoms with Crippen LogP contribution >= 0.6 is 0 Å². The Morgan fingerprint density at radius 3 is 2.65 bits per heavy atom. The lowest BCUT2D eigenvalue weighted by atomic mass is 9.98. The molecule has 40 heavy (non-hydrogen) atoms. The van der Waals surface area contributed by atoms with Crippen molar-refractivity contribution in [2.24, 2.45) is 0 Å². The molecule has 0 radical (unpaired) electrons. The van der Waals surface area contributed by atoms with Crippen LogP contribution in [0.5, 0.6) is 0 Å². The summed E-state index contributed by atoms with van der Waals surface area (Å²) in [6.45, 7) is 2.28. The van der Waals surface area contributed by atoms with Crippen molar-refractivity contribution >= 4 is 45.5 Å². The molecule has 202 valence electrons. The Morgan fingerprint density at radius 2 is 1.82 bits per heavy atom. The molecule has 0 spiro atoms. The molecule has 10 nitrogen and oxygen atoms in total. The zero-order chi connectivity index (χ0) is 27.1.